The van der Waals surface area contributed by atoms with E-state index in [1.54, 1.807) is 43.4 Å². The van der Waals surface area contributed by atoms with E-state index in [0.717, 1.165) is 0 Å². The zero-order valence-electron chi connectivity index (χ0n) is 12.6. The first kappa shape index (κ1) is 16.6. The maximum Gasteiger partial charge on any atom is 0.323 e. The van der Waals surface area contributed by atoms with E-state index in [2.05, 4.69) is 20.6 Å². The molecule has 0 saturated carbocycles. The van der Waals surface area contributed by atoms with E-state index in [1.165, 1.54) is 0 Å². The minimum atomic E-state index is -0.669. The summed E-state index contributed by atoms with van der Waals surface area (Å²) in [5.74, 6) is -0.293. The quantitative estimate of drug-likeness (QED) is 0.573. The van der Waals surface area contributed by atoms with E-state index in [4.69, 9.17) is 23.2 Å². The van der Waals surface area contributed by atoms with Crippen molar-refractivity contribution in [2.24, 2.45) is 0 Å². The normalized spacial score (nSPS) is 12.3. The van der Waals surface area contributed by atoms with E-state index in [0.29, 0.717) is 32.3 Å². The lowest BCUT2D eigenvalue weighted by molar-refractivity contribution is -0.118. The van der Waals surface area contributed by atoms with Crippen LogP contribution in [0, 0.1) is 0 Å². The molecule has 0 saturated heterocycles. The van der Waals surface area contributed by atoms with Crippen molar-refractivity contribution in [3.63, 3.8) is 0 Å². The molecule has 8 heteroatoms. The van der Waals surface area contributed by atoms with Gasteiger partial charge in [0, 0.05) is 5.69 Å². The highest BCUT2D eigenvalue weighted by molar-refractivity contribution is 6.42. The number of aromatic amines is 2. The van der Waals surface area contributed by atoms with Gasteiger partial charge in [0.2, 0.25) is 5.91 Å². The number of hydrogen-bond donors (Lipinski definition) is 4. The molecule has 3 rings (SSSR count). The predicted octanol–water partition coefficient (Wildman–Crippen LogP) is 3.06. The number of imidazole rings is 1. The highest BCUT2D eigenvalue weighted by Gasteiger charge is 2.22. The number of hydrogen-bond acceptors (Lipinski definition) is 3. The van der Waals surface area contributed by atoms with Crippen molar-refractivity contribution in [1.82, 2.24) is 15.3 Å². The SMILES string of the molecule is CNC(C(=O)Nc1ccc2[nH]c(=O)[nH]c2c1)c1cccc(Cl)c1Cl. The number of H-pyrrole nitrogens is 2. The number of anilines is 1. The highest BCUT2D eigenvalue weighted by atomic mass is 35.5. The molecule has 0 aliphatic rings. The second-order valence-electron chi connectivity index (χ2n) is 5.19. The van der Waals surface area contributed by atoms with Crippen LogP contribution >= 0.6 is 23.2 Å². The molecule has 1 aromatic heterocycles. The number of carbonyl (C=O) groups is 1. The molecule has 1 unspecified atom stereocenters. The topological polar surface area (TPSA) is 89.8 Å². The van der Waals surface area contributed by atoms with Crippen molar-refractivity contribution >= 4 is 45.8 Å². The van der Waals surface area contributed by atoms with E-state index in [1.807, 2.05) is 0 Å². The van der Waals surface area contributed by atoms with Crippen LogP contribution in [0.1, 0.15) is 11.6 Å². The number of amides is 1. The number of halogens is 2. The van der Waals surface area contributed by atoms with Crippen molar-refractivity contribution in [2.45, 2.75) is 6.04 Å². The largest absolute Gasteiger partial charge is 0.324 e. The molecule has 1 amide bonds. The van der Waals surface area contributed by atoms with Crippen molar-refractivity contribution in [3.05, 3.63) is 62.5 Å². The molecule has 124 valence electrons. The van der Waals surface area contributed by atoms with Gasteiger partial charge >= 0.3 is 5.69 Å². The number of nitrogens with one attached hydrogen (secondary N) is 4. The van der Waals surface area contributed by atoms with Crippen LogP contribution in [-0.4, -0.2) is 22.9 Å². The third kappa shape index (κ3) is 3.17. The van der Waals surface area contributed by atoms with Gasteiger partial charge in [-0.25, -0.2) is 4.79 Å². The van der Waals surface area contributed by atoms with Gasteiger partial charge in [-0.3, -0.25) is 4.79 Å². The maximum atomic E-state index is 12.6. The van der Waals surface area contributed by atoms with Crippen LogP contribution in [0.4, 0.5) is 5.69 Å². The Bertz CT molecular complexity index is 964. The number of benzene rings is 2. The molecule has 6 nitrogen and oxygen atoms in total. The van der Waals surface area contributed by atoms with Crippen LogP contribution in [0.25, 0.3) is 11.0 Å². The lowest BCUT2D eigenvalue weighted by Crippen LogP contribution is -2.30. The van der Waals surface area contributed by atoms with Crippen molar-refractivity contribution in [3.8, 4) is 0 Å². The molecule has 1 atom stereocenters. The molecular weight excluding hydrogens is 351 g/mol. The summed E-state index contributed by atoms with van der Waals surface area (Å²) < 4.78 is 0. The molecule has 0 radical (unpaired) electrons. The number of carbonyl (C=O) groups excluding carboxylic acids is 1. The molecule has 24 heavy (non-hydrogen) atoms. The fourth-order valence-electron chi connectivity index (χ4n) is 2.50. The minimum absolute atomic E-state index is 0.293. The first-order chi connectivity index (χ1) is 11.5. The van der Waals surface area contributed by atoms with E-state index in [-0.39, 0.29) is 11.6 Å². The van der Waals surface area contributed by atoms with Gasteiger partial charge in [-0.2, -0.15) is 0 Å². The Kier molecular flexibility index (Phi) is 4.62. The molecule has 0 fully saturated rings. The average molecular weight is 365 g/mol. The number of likely N-dealkylation sites (N-methyl/N-ethyl adjacent to an activating group) is 1. The monoisotopic (exact) mass is 364 g/mol. The summed E-state index contributed by atoms with van der Waals surface area (Å²) in [7, 11) is 1.66. The Morgan fingerprint density at radius 3 is 2.62 bits per heavy atom. The molecule has 1 heterocycles. The lowest BCUT2D eigenvalue weighted by atomic mass is 10.1. The first-order valence-corrected chi connectivity index (χ1v) is 7.89. The summed E-state index contributed by atoms with van der Waals surface area (Å²) in [6.07, 6.45) is 0. The third-order valence-corrected chi connectivity index (χ3v) is 4.46. The first-order valence-electron chi connectivity index (χ1n) is 7.13. The molecule has 0 bridgehead atoms. The van der Waals surface area contributed by atoms with Gasteiger partial charge in [-0.15, -0.1) is 0 Å². The minimum Gasteiger partial charge on any atom is -0.324 e. The van der Waals surface area contributed by atoms with Gasteiger partial charge in [0.1, 0.15) is 6.04 Å². The third-order valence-electron chi connectivity index (χ3n) is 3.63. The number of rotatable bonds is 4. The predicted molar refractivity (Wildman–Crippen MR) is 95.8 cm³/mol. The molecular formula is C16H14Cl2N4O2. The Morgan fingerprint density at radius 2 is 1.88 bits per heavy atom. The zero-order chi connectivity index (χ0) is 17.3. The molecule has 0 aliphatic heterocycles. The van der Waals surface area contributed by atoms with Crippen LogP contribution in [-0.2, 0) is 4.79 Å². The fourth-order valence-corrected chi connectivity index (χ4v) is 2.91. The summed E-state index contributed by atoms with van der Waals surface area (Å²) in [6, 6.07) is 9.56. The van der Waals surface area contributed by atoms with Crippen LogP contribution in [0.2, 0.25) is 10.0 Å². The average Bonchev–Trinajstić information content (AvgIpc) is 2.91. The second kappa shape index (κ2) is 6.68. The van der Waals surface area contributed by atoms with E-state index >= 15 is 0 Å². The lowest BCUT2D eigenvalue weighted by Gasteiger charge is -2.18. The zero-order valence-corrected chi connectivity index (χ0v) is 14.1. The van der Waals surface area contributed by atoms with E-state index in [9.17, 15) is 9.59 Å². The maximum absolute atomic E-state index is 12.6. The number of fused-ring (bicyclic) bond motifs is 1. The van der Waals surface area contributed by atoms with Gasteiger partial charge in [-0.1, -0.05) is 35.3 Å². The Balaban J connectivity index is 1.88. The van der Waals surface area contributed by atoms with Gasteiger partial charge in [0.25, 0.3) is 0 Å². The second-order valence-corrected chi connectivity index (χ2v) is 5.98. The molecule has 4 N–H and O–H groups in total. The van der Waals surface area contributed by atoms with E-state index < -0.39 is 6.04 Å². The highest BCUT2D eigenvalue weighted by Crippen LogP contribution is 2.30. The summed E-state index contributed by atoms with van der Waals surface area (Å²) in [6.45, 7) is 0. The Morgan fingerprint density at radius 1 is 1.12 bits per heavy atom. The molecule has 0 aliphatic carbocycles. The fraction of sp³-hybridized carbons (Fsp3) is 0.125. The Labute approximate surface area is 147 Å². The summed E-state index contributed by atoms with van der Waals surface area (Å²) in [5.41, 5.74) is 2.12. The Hall–Kier alpha value is -2.28. The van der Waals surface area contributed by atoms with Crippen molar-refractivity contribution in [1.29, 1.82) is 0 Å². The van der Waals surface area contributed by atoms with Crippen molar-refractivity contribution < 1.29 is 4.79 Å². The van der Waals surface area contributed by atoms with Gasteiger partial charge in [-0.05, 0) is 36.9 Å². The molecule has 2 aromatic carbocycles. The smallest absolute Gasteiger partial charge is 0.323 e. The van der Waals surface area contributed by atoms with Crippen LogP contribution in [0.15, 0.2) is 41.2 Å². The van der Waals surface area contributed by atoms with Crippen LogP contribution in [0.3, 0.4) is 0 Å². The van der Waals surface area contributed by atoms with Gasteiger partial charge in [0.05, 0.1) is 21.1 Å². The van der Waals surface area contributed by atoms with Crippen LogP contribution in [0.5, 0.6) is 0 Å². The molecule has 3 aromatic rings. The van der Waals surface area contributed by atoms with Crippen molar-refractivity contribution in [2.75, 3.05) is 12.4 Å². The standard InChI is InChI=1S/C16H14Cl2N4O2/c1-19-14(9-3-2-4-10(17)13(9)18)15(23)20-8-5-6-11-12(7-8)22-16(24)21-11/h2-7,14,19H,1H3,(H,20,23)(H2,21,22,24). The molecule has 0 spiro atoms. The summed E-state index contributed by atoms with van der Waals surface area (Å²) in [4.78, 5) is 29.2. The van der Waals surface area contributed by atoms with Gasteiger partial charge < -0.3 is 20.6 Å². The summed E-state index contributed by atoms with van der Waals surface area (Å²) in [5, 5.41) is 6.44. The van der Waals surface area contributed by atoms with Gasteiger partial charge in [0.15, 0.2) is 0 Å². The number of aromatic nitrogens is 2. The summed E-state index contributed by atoms with van der Waals surface area (Å²) >= 11 is 12.2. The van der Waals surface area contributed by atoms with Crippen LogP contribution < -0.4 is 16.3 Å².